The van der Waals surface area contributed by atoms with Gasteiger partial charge in [0.15, 0.2) is 5.82 Å². The Bertz CT molecular complexity index is 809. The number of aromatic nitrogens is 2. The van der Waals surface area contributed by atoms with Crippen LogP contribution in [0, 0.1) is 11.3 Å². The lowest BCUT2D eigenvalue weighted by molar-refractivity contribution is -0.135. The Hall–Kier alpha value is -2.34. The van der Waals surface area contributed by atoms with Crippen LogP contribution >= 0.6 is 0 Å². The average molecular weight is 366 g/mol. The van der Waals surface area contributed by atoms with Crippen LogP contribution in [0.1, 0.15) is 32.1 Å². The van der Waals surface area contributed by atoms with Gasteiger partial charge in [0, 0.05) is 43.5 Å². The van der Waals surface area contributed by atoms with Gasteiger partial charge in [-0.05, 0) is 43.7 Å². The largest absolute Gasteiger partial charge is 0.381 e. The van der Waals surface area contributed by atoms with E-state index in [0.717, 1.165) is 38.3 Å². The number of carbonyl (C=O) groups excluding carboxylic acids is 1. The van der Waals surface area contributed by atoms with Crippen molar-refractivity contribution >= 4 is 11.8 Å². The molecule has 1 aliphatic carbocycles. The average Bonchev–Trinajstić information content (AvgIpc) is 3.10. The number of ether oxygens (including phenoxy) is 1. The van der Waals surface area contributed by atoms with Gasteiger partial charge < -0.3 is 9.64 Å². The molecule has 3 fully saturated rings. The van der Waals surface area contributed by atoms with Crippen LogP contribution in [0.25, 0.3) is 5.69 Å². The number of hydrogen-bond acceptors (Lipinski definition) is 3. The predicted octanol–water partition coefficient (Wildman–Crippen LogP) is 3.69. The van der Waals surface area contributed by atoms with Crippen LogP contribution in [0.15, 0.2) is 42.6 Å². The first kappa shape index (κ1) is 16.8. The van der Waals surface area contributed by atoms with Gasteiger partial charge >= 0.3 is 6.03 Å². The molecule has 1 unspecified atom stereocenters. The monoisotopic (exact) mass is 366 g/mol. The second-order valence-electron chi connectivity index (χ2n) is 8.15. The summed E-state index contributed by atoms with van der Waals surface area (Å²) in [6, 6.07) is 12.1. The molecule has 3 aliphatic rings. The van der Waals surface area contributed by atoms with Gasteiger partial charge in [-0.25, -0.2) is 9.48 Å². The Morgan fingerprint density at radius 3 is 2.63 bits per heavy atom. The van der Waals surface area contributed by atoms with Gasteiger partial charge in [-0.3, -0.25) is 5.32 Å². The van der Waals surface area contributed by atoms with Crippen molar-refractivity contribution < 1.29 is 9.53 Å². The molecular formula is C21H26N4O2. The first-order chi connectivity index (χ1) is 13.3. The number of nitrogens with zero attached hydrogens (tertiary/aromatic N) is 3. The highest BCUT2D eigenvalue weighted by atomic mass is 16.5. The molecule has 6 heteroatoms. The van der Waals surface area contributed by atoms with Crippen molar-refractivity contribution in [3.05, 3.63) is 42.6 Å². The Balaban J connectivity index is 1.29. The maximum atomic E-state index is 13.0. The Morgan fingerprint density at radius 2 is 1.93 bits per heavy atom. The molecule has 1 aromatic heterocycles. The Morgan fingerprint density at radius 1 is 1.15 bits per heavy atom. The van der Waals surface area contributed by atoms with Crippen molar-refractivity contribution in [3.63, 3.8) is 0 Å². The SMILES string of the molecule is O=C(Nc1ccn(-c2ccccc2)n1)N1CC2(CCC2)C1C1CCOCC1. The van der Waals surface area contributed by atoms with E-state index in [1.54, 1.807) is 4.68 Å². The quantitative estimate of drug-likeness (QED) is 0.901. The van der Waals surface area contributed by atoms with Crippen LogP contribution < -0.4 is 5.32 Å². The minimum absolute atomic E-state index is 0.0117. The zero-order valence-corrected chi connectivity index (χ0v) is 15.5. The first-order valence-corrected chi connectivity index (χ1v) is 10.0. The molecule has 2 amide bonds. The molecule has 0 bridgehead atoms. The second-order valence-corrected chi connectivity index (χ2v) is 8.15. The van der Waals surface area contributed by atoms with E-state index in [1.807, 2.05) is 42.6 Å². The Kier molecular flexibility index (Phi) is 4.16. The summed E-state index contributed by atoms with van der Waals surface area (Å²) >= 11 is 0. The minimum atomic E-state index is -0.0117. The molecular weight excluding hydrogens is 340 g/mol. The topological polar surface area (TPSA) is 59.4 Å². The van der Waals surface area contributed by atoms with Crippen LogP contribution in [-0.2, 0) is 4.74 Å². The van der Waals surface area contributed by atoms with Gasteiger partial charge in [-0.2, -0.15) is 0 Å². The fourth-order valence-electron chi connectivity index (χ4n) is 5.11. The standard InChI is InChI=1S/C21H26N4O2/c26-20(22-18-7-12-25(23-18)17-5-2-1-3-6-17)24-15-21(10-4-11-21)19(24)16-8-13-27-14-9-16/h1-3,5-7,12,16,19H,4,8-11,13-15H2,(H,22,23,26). The zero-order chi connectivity index (χ0) is 18.3. The number of urea groups is 1. The van der Waals surface area contributed by atoms with Crippen molar-refractivity contribution in [3.8, 4) is 5.69 Å². The third-order valence-electron chi connectivity index (χ3n) is 6.62. The third-order valence-corrected chi connectivity index (χ3v) is 6.62. The van der Waals surface area contributed by atoms with Gasteiger partial charge in [-0.1, -0.05) is 24.6 Å². The number of hydrogen-bond donors (Lipinski definition) is 1. The van der Waals surface area contributed by atoms with Crippen LogP contribution in [0.5, 0.6) is 0 Å². The third kappa shape index (κ3) is 2.92. The summed E-state index contributed by atoms with van der Waals surface area (Å²) in [5.74, 6) is 1.17. The number of rotatable bonds is 3. The van der Waals surface area contributed by atoms with Gasteiger partial charge in [0.1, 0.15) is 0 Å². The van der Waals surface area contributed by atoms with E-state index in [-0.39, 0.29) is 6.03 Å². The number of benzene rings is 1. The highest BCUT2D eigenvalue weighted by Crippen LogP contribution is 2.56. The van der Waals surface area contributed by atoms with Gasteiger partial charge in [-0.15, -0.1) is 5.10 Å². The van der Waals surface area contributed by atoms with Crippen molar-refractivity contribution in [2.45, 2.75) is 38.1 Å². The van der Waals surface area contributed by atoms with Gasteiger partial charge in [0.25, 0.3) is 0 Å². The van der Waals surface area contributed by atoms with Gasteiger partial charge in [0.2, 0.25) is 0 Å². The van der Waals surface area contributed by atoms with Crippen molar-refractivity contribution in [2.75, 3.05) is 25.1 Å². The summed E-state index contributed by atoms with van der Waals surface area (Å²) < 4.78 is 7.33. The number of anilines is 1. The number of nitrogens with one attached hydrogen (secondary N) is 1. The summed E-state index contributed by atoms with van der Waals surface area (Å²) in [7, 11) is 0. The molecule has 1 saturated carbocycles. The summed E-state index contributed by atoms with van der Waals surface area (Å²) in [6.07, 6.45) is 7.85. The van der Waals surface area contributed by atoms with Gasteiger partial charge in [0.05, 0.1) is 5.69 Å². The molecule has 1 atom stereocenters. The highest BCUT2D eigenvalue weighted by molar-refractivity contribution is 5.89. The number of amides is 2. The normalized spacial score (nSPS) is 24.3. The molecule has 142 valence electrons. The van der Waals surface area contributed by atoms with Crippen LogP contribution in [0.4, 0.5) is 10.6 Å². The fourth-order valence-corrected chi connectivity index (χ4v) is 5.11. The smallest absolute Gasteiger partial charge is 0.323 e. The lowest BCUT2D eigenvalue weighted by Crippen LogP contribution is -2.72. The Labute approximate surface area is 159 Å². The molecule has 6 nitrogen and oxygen atoms in total. The van der Waals surface area contributed by atoms with Crippen LogP contribution in [0.3, 0.4) is 0 Å². The summed E-state index contributed by atoms with van der Waals surface area (Å²) in [4.78, 5) is 15.0. The first-order valence-electron chi connectivity index (χ1n) is 10.0. The number of para-hydroxylation sites is 1. The maximum Gasteiger partial charge on any atom is 0.323 e. The van der Waals surface area contributed by atoms with E-state index in [9.17, 15) is 4.79 Å². The second kappa shape index (κ2) is 6.68. The molecule has 3 heterocycles. The molecule has 1 aromatic carbocycles. The highest BCUT2D eigenvalue weighted by Gasteiger charge is 2.59. The van der Waals surface area contributed by atoms with E-state index in [4.69, 9.17) is 4.74 Å². The molecule has 2 saturated heterocycles. The molecule has 27 heavy (non-hydrogen) atoms. The lowest BCUT2D eigenvalue weighted by Gasteiger charge is -2.64. The summed E-state index contributed by atoms with van der Waals surface area (Å²) in [5.41, 5.74) is 1.36. The van der Waals surface area contributed by atoms with E-state index < -0.39 is 0 Å². The van der Waals surface area contributed by atoms with Crippen LogP contribution in [0.2, 0.25) is 0 Å². The molecule has 1 spiro atoms. The minimum Gasteiger partial charge on any atom is -0.381 e. The summed E-state index contributed by atoms with van der Waals surface area (Å²) in [5, 5.41) is 7.52. The lowest BCUT2D eigenvalue weighted by atomic mass is 9.54. The molecule has 2 aliphatic heterocycles. The van der Waals surface area contributed by atoms with Crippen molar-refractivity contribution in [1.29, 1.82) is 0 Å². The molecule has 5 rings (SSSR count). The number of carbonyl (C=O) groups is 1. The molecule has 0 radical (unpaired) electrons. The maximum absolute atomic E-state index is 13.0. The predicted molar refractivity (Wildman–Crippen MR) is 103 cm³/mol. The van der Waals surface area contributed by atoms with Crippen molar-refractivity contribution in [2.24, 2.45) is 11.3 Å². The number of likely N-dealkylation sites (tertiary alicyclic amines) is 1. The zero-order valence-electron chi connectivity index (χ0n) is 15.5. The molecule has 2 aromatic rings. The van der Waals surface area contributed by atoms with E-state index in [0.29, 0.717) is 23.2 Å². The van der Waals surface area contributed by atoms with E-state index >= 15 is 0 Å². The van der Waals surface area contributed by atoms with E-state index in [1.165, 1.54) is 19.3 Å². The van der Waals surface area contributed by atoms with Crippen LogP contribution in [-0.4, -0.2) is 46.5 Å². The summed E-state index contributed by atoms with van der Waals surface area (Å²) in [6.45, 7) is 2.54. The fraction of sp³-hybridized carbons (Fsp3) is 0.524. The molecule has 1 N–H and O–H groups in total. The van der Waals surface area contributed by atoms with E-state index in [2.05, 4.69) is 15.3 Å². The van der Waals surface area contributed by atoms with Crippen molar-refractivity contribution in [1.82, 2.24) is 14.7 Å².